The minimum absolute atomic E-state index is 0.857. The quantitative estimate of drug-likeness (QED) is 0.356. The minimum Gasteiger partial charge on any atom is -0.461 e. The van der Waals surface area contributed by atoms with Crippen LogP contribution in [0.4, 0.5) is 10.8 Å². The van der Waals surface area contributed by atoms with Crippen LogP contribution in [0.5, 0.6) is 0 Å². The Morgan fingerprint density at radius 1 is 0.931 bits per heavy atom. The van der Waals surface area contributed by atoms with Gasteiger partial charge in [-0.25, -0.2) is 4.98 Å². The Hall–Kier alpha value is -3.44. The smallest absolute Gasteiger partial charge is 0.187 e. The second-order valence-corrected chi connectivity index (χ2v) is 7.71. The molecule has 142 valence electrons. The van der Waals surface area contributed by atoms with E-state index in [4.69, 9.17) is 4.42 Å². The van der Waals surface area contributed by atoms with Crippen LogP contribution in [0.15, 0.2) is 88.9 Å². The van der Waals surface area contributed by atoms with Crippen molar-refractivity contribution in [3.8, 4) is 11.3 Å². The summed E-state index contributed by atoms with van der Waals surface area (Å²) in [6.45, 7) is 0. The standard InChI is InChI=1S/C24H19N3OS/c1-2-5-17(6-3-1)8-10-21-14-19-13-20(9-11-23(19)28-21)26-24-27-22(16-29-24)18-7-4-12-25-15-18/h1-7,9,11-16H,8,10H2,(H,26,27). The minimum atomic E-state index is 0.857. The van der Waals surface area contributed by atoms with E-state index in [2.05, 4.69) is 51.7 Å². The third-order valence-electron chi connectivity index (χ3n) is 4.78. The molecule has 0 radical (unpaired) electrons. The number of aromatic nitrogens is 2. The number of furan rings is 1. The maximum absolute atomic E-state index is 6.01. The average molecular weight is 398 g/mol. The summed E-state index contributed by atoms with van der Waals surface area (Å²) in [5.41, 5.74) is 5.18. The lowest BCUT2D eigenvalue weighted by atomic mass is 10.1. The number of pyridine rings is 1. The zero-order valence-electron chi connectivity index (χ0n) is 15.7. The molecule has 0 aliphatic heterocycles. The SMILES string of the molecule is c1ccc(CCc2cc3cc(Nc4nc(-c5cccnc5)cs4)ccc3o2)cc1. The number of nitrogens with one attached hydrogen (secondary N) is 1. The van der Waals surface area contributed by atoms with E-state index in [-0.39, 0.29) is 0 Å². The van der Waals surface area contributed by atoms with E-state index in [9.17, 15) is 0 Å². The number of aryl methyl sites for hydroxylation is 2. The van der Waals surface area contributed by atoms with E-state index in [0.717, 1.165) is 51.6 Å². The van der Waals surface area contributed by atoms with Crippen LogP contribution < -0.4 is 5.32 Å². The Balaban J connectivity index is 1.31. The molecule has 3 aromatic heterocycles. The van der Waals surface area contributed by atoms with Crippen LogP contribution in [0.25, 0.3) is 22.2 Å². The van der Waals surface area contributed by atoms with Crippen LogP contribution in [0.3, 0.4) is 0 Å². The molecule has 0 atom stereocenters. The van der Waals surface area contributed by atoms with Gasteiger partial charge in [-0.3, -0.25) is 4.98 Å². The zero-order chi connectivity index (χ0) is 19.5. The van der Waals surface area contributed by atoms with E-state index in [1.807, 2.05) is 41.9 Å². The summed E-state index contributed by atoms with van der Waals surface area (Å²) in [7, 11) is 0. The highest BCUT2D eigenvalue weighted by molar-refractivity contribution is 7.14. The van der Waals surface area contributed by atoms with Crippen molar-refractivity contribution in [3.05, 3.63) is 95.8 Å². The number of nitrogens with zero attached hydrogens (tertiary/aromatic N) is 2. The van der Waals surface area contributed by atoms with Crippen LogP contribution in [0.1, 0.15) is 11.3 Å². The van der Waals surface area contributed by atoms with Gasteiger partial charge in [0.1, 0.15) is 11.3 Å². The van der Waals surface area contributed by atoms with Crippen molar-refractivity contribution in [2.24, 2.45) is 0 Å². The first-order valence-electron chi connectivity index (χ1n) is 9.53. The van der Waals surface area contributed by atoms with Gasteiger partial charge in [0.15, 0.2) is 5.13 Å². The molecule has 0 spiro atoms. The topological polar surface area (TPSA) is 51.0 Å². The van der Waals surface area contributed by atoms with Gasteiger partial charge >= 0.3 is 0 Å². The van der Waals surface area contributed by atoms with Crippen LogP contribution in [-0.4, -0.2) is 9.97 Å². The summed E-state index contributed by atoms with van der Waals surface area (Å²) in [5, 5.41) is 7.39. The normalized spacial score (nSPS) is 11.0. The van der Waals surface area contributed by atoms with Gasteiger partial charge in [0.05, 0.1) is 5.69 Å². The van der Waals surface area contributed by atoms with Gasteiger partial charge in [0, 0.05) is 40.8 Å². The van der Waals surface area contributed by atoms with Crippen molar-refractivity contribution >= 4 is 33.1 Å². The molecule has 0 aliphatic rings. The molecule has 5 rings (SSSR count). The first-order valence-corrected chi connectivity index (χ1v) is 10.4. The van der Waals surface area contributed by atoms with Gasteiger partial charge in [-0.1, -0.05) is 30.3 Å². The molecule has 0 unspecified atom stereocenters. The molecule has 5 aromatic rings. The molecule has 4 nitrogen and oxygen atoms in total. The Bertz CT molecular complexity index is 1230. The molecule has 0 aliphatic carbocycles. The summed E-state index contributed by atoms with van der Waals surface area (Å²) in [4.78, 5) is 8.83. The molecule has 29 heavy (non-hydrogen) atoms. The Labute approximate surface area is 172 Å². The van der Waals surface area contributed by atoms with E-state index in [1.165, 1.54) is 5.56 Å². The molecule has 0 bridgehead atoms. The number of anilines is 2. The lowest BCUT2D eigenvalue weighted by Gasteiger charge is -2.02. The summed E-state index contributed by atoms with van der Waals surface area (Å²) in [6.07, 6.45) is 5.46. The fourth-order valence-electron chi connectivity index (χ4n) is 3.31. The number of hydrogen-bond acceptors (Lipinski definition) is 5. The number of fused-ring (bicyclic) bond motifs is 1. The van der Waals surface area contributed by atoms with Gasteiger partial charge in [-0.15, -0.1) is 11.3 Å². The number of hydrogen-bond donors (Lipinski definition) is 1. The van der Waals surface area contributed by atoms with Crippen LogP contribution in [0.2, 0.25) is 0 Å². The summed E-state index contributed by atoms with van der Waals surface area (Å²) in [6, 6.07) is 22.7. The molecule has 2 aromatic carbocycles. The largest absolute Gasteiger partial charge is 0.461 e. The van der Waals surface area contributed by atoms with Crippen molar-refractivity contribution in [1.29, 1.82) is 0 Å². The first-order chi connectivity index (χ1) is 14.3. The molecule has 0 fully saturated rings. The molecule has 3 heterocycles. The zero-order valence-corrected chi connectivity index (χ0v) is 16.5. The number of thiazole rings is 1. The fraction of sp³-hybridized carbons (Fsp3) is 0.0833. The third kappa shape index (κ3) is 4.05. The Kier molecular flexibility index (Phi) is 4.80. The van der Waals surface area contributed by atoms with Crippen LogP contribution in [-0.2, 0) is 12.8 Å². The molecular weight excluding hydrogens is 378 g/mol. The van der Waals surface area contributed by atoms with E-state index < -0.39 is 0 Å². The van der Waals surface area contributed by atoms with Gasteiger partial charge < -0.3 is 9.73 Å². The fourth-order valence-corrected chi connectivity index (χ4v) is 4.05. The summed E-state index contributed by atoms with van der Waals surface area (Å²) in [5.74, 6) is 1.01. The highest BCUT2D eigenvalue weighted by atomic mass is 32.1. The maximum Gasteiger partial charge on any atom is 0.187 e. The summed E-state index contributed by atoms with van der Waals surface area (Å²) >= 11 is 1.58. The second kappa shape index (κ2) is 7.89. The van der Waals surface area contributed by atoms with Crippen molar-refractivity contribution in [1.82, 2.24) is 9.97 Å². The van der Waals surface area contributed by atoms with E-state index in [1.54, 1.807) is 17.5 Å². The third-order valence-corrected chi connectivity index (χ3v) is 5.54. The molecule has 1 N–H and O–H groups in total. The Morgan fingerprint density at radius 2 is 1.86 bits per heavy atom. The second-order valence-electron chi connectivity index (χ2n) is 6.86. The van der Waals surface area contributed by atoms with Gasteiger partial charge in [-0.2, -0.15) is 0 Å². The van der Waals surface area contributed by atoms with Gasteiger partial charge in [0.2, 0.25) is 0 Å². The monoisotopic (exact) mass is 397 g/mol. The van der Waals surface area contributed by atoms with Crippen molar-refractivity contribution < 1.29 is 4.42 Å². The predicted octanol–water partition coefficient (Wildman–Crippen LogP) is 6.48. The van der Waals surface area contributed by atoms with Crippen molar-refractivity contribution in [3.63, 3.8) is 0 Å². The lowest BCUT2D eigenvalue weighted by Crippen LogP contribution is -1.89. The van der Waals surface area contributed by atoms with Gasteiger partial charge in [-0.05, 0) is 48.4 Å². The highest BCUT2D eigenvalue weighted by Gasteiger charge is 2.08. The van der Waals surface area contributed by atoms with Gasteiger partial charge in [0.25, 0.3) is 0 Å². The van der Waals surface area contributed by atoms with Crippen molar-refractivity contribution in [2.75, 3.05) is 5.32 Å². The number of rotatable bonds is 6. The van der Waals surface area contributed by atoms with E-state index >= 15 is 0 Å². The number of benzene rings is 2. The average Bonchev–Trinajstić information content (AvgIpc) is 3.40. The molecule has 0 amide bonds. The highest BCUT2D eigenvalue weighted by Crippen LogP contribution is 2.29. The molecule has 5 heteroatoms. The molecular formula is C24H19N3OS. The van der Waals surface area contributed by atoms with Crippen LogP contribution >= 0.6 is 11.3 Å². The van der Waals surface area contributed by atoms with Crippen molar-refractivity contribution in [2.45, 2.75) is 12.8 Å². The lowest BCUT2D eigenvalue weighted by molar-refractivity contribution is 0.547. The van der Waals surface area contributed by atoms with E-state index in [0.29, 0.717) is 0 Å². The predicted molar refractivity (Wildman–Crippen MR) is 119 cm³/mol. The molecule has 0 saturated heterocycles. The van der Waals surface area contributed by atoms with Crippen LogP contribution in [0, 0.1) is 0 Å². The Morgan fingerprint density at radius 3 is 2.72 bits per heavy atom. The maximum atomic E-state index is 6.01. The molecule has 0 saturated carbocycles. The first kappa shape index (κ1) is 17.6. The summed E-state index contributed by atoms with van der Waals surface area (Å²) < 4.78 is 6.01.